The second-order valence-electron chi connectivity index (χ2n) is 8.33. The molecule has 4 rings (SSSR count). The lowest BCUT2D eigenvalue weighted by atomic mass is 10.0. The molecule has 3 aromatic carbocycles. The molecule has 170 valence electrons. The fraction of sp³-hybridized carbons (Fsp3) is 0.259. The van der Waals surface area contributed by atoms with Crippen molar-refractivity contribution in [3.05, 3.63) is 101 Å². The first-order valence-electron chi connectivity index (χ1n) is 11.1. The lowest BCUT2D eigenvalue weighted by molar-refractivity contribution is 0.0693. The van der Waals surface area contributed by atoms with Gasteiger partial charge < -0.3 is 15.0 Å². The van der Waals surface area contributed by atoms with Crippen LogP contribution in [0.4, 0.5) is 4.39 Å². The van der Waals surface area contributed by atoms with Crippen LogP contribution in [0.15, 0.2) is 72.8 Å². The van der Waals surface area contributed by atoms with Gasteiger partial charge in [-0.25, -0.2) is 4.39 Å². The van der Waals surface area contributed by atoms with Gasteiger partial charge in [0.1, 0.15) is 18.2 Å². The molecule has 1 heterocycles. The molecule has 0 aliphatic carbocycles. The summed E-state index contributed by atoms with van der Waals surface area (Å²) in [7, 11) is 0. The maximum Gasteiger partial charge on any atom is 0.256 e. The molecule has 1 aliphatic heterocycles. The van der Waals surface area contributed by atoms with Gasteiger partial charge in [0.25, 0.3) is 11.8 Å². The summed E-state index contributed by atoms with van der Waals surface area (Å²) in [6.45, 7) is 3.41. The molecule has 0 saturated carbocycles. The molecule has 6 heteroatoms. The van der Waals surface area contributed by atoms with Crippen LogP contribution in [0.1, 0.15) is 44.7 Å². The molecule has 5 nitrogen and oxygen atoms in total. The van der Waals surface area contributed by atoms with Crippen LogP contribution in [0, 0.1) is 12.7 Å². The first-order chi connectivity index (χ1) is 16.0. The lowest BCUT2D eigenvalue weighted by Crippen LogP contribution is -2.46. The van der Waals surface area contributed by atoms with Crippen LogP contribution in [0.3, 0.4) is 0 Å². The SMILES string of the molecule is Cc1cccc(COc2cccc(C(=O)NC3CCN(C(=O)c4ccccc4F)CC3)c2)c1. The number of hydrogen-bond donors (Lipinski definition) is 1. The number of halogens is 1. The number of rotatable bonds is 6. The first kappa shape index (κ1) is 22.5. The van der Waals surface area contributed by atoms with Crippen molar-refractivity contribution in [2.24, 2.45) is 0 Å². The number of piperidine rings is 1. The smallest absolute Gasteiger partial charge is 0.256 e. The van der Waals surface area contributed by atoms with E-state index in [0.717, 1.165) is 5.56 Å². The van der Waals surface area contributed by atoms with E-state index in [1.54, 1.807) is 35.2 Å². The standard InChI is InChI=1S/C27H27FN2O3/c1-19-6-4-7-20(16-19)18-33-23-9-5-8-21(17-23)26(31)29-22-12-14-30(15-13-22)27(32)24-10-2-3-11-25(24)28/h2-11,16-17,22H,12-15,18H2,1H3,(H,29,31). The van der Waals surface area contributed by atoms with Crippen molar-refractivity contribution in [1.29, 1.82) is 0 Å². The van der Waals surface area contributed by atoms with Gasteiger partial charge in [0.15, 0.2) is 0 Å². The second kappa shape index (κ2) is 10.3. The average Bonchev–Trinajstić information content (AvgIpc) is 2.83. The Hall–Kier alpha value is -3.67. The highest BCUT2D eigenvalue weighted by Gasteiger charge is 2.26. The van der Waals surface area contributed by atoms with Crippen molar-refractivity contribution in [3.63, 3.8) is 0 Å². The largest absolute Gasteiger partial charge is 0.489 e. The van der Waals surface area contributed by atoms with Gasteiger partial charge in [0.05, 0.1) is 5.56 Å². The zero-order chi connectivity index (χ0) is 23.2. The Balaban J connectivity index is 1.30. The van der Waals surface area contributed by atoms with Crippen LogP contribution in [0.5, 0.6) is 5.75 Å². The van der Waals surface area contributed by atoms with Gasteiger partial charge in [-0.2, -0.15) is 0 Å². The Labute approximate surface area is 193 Å². The van der Waals surface area contributed by atoms with Crippen molar-refractivity contribution in [3.8, 4) is 5.75 Å². The minimum Gasteiger partial charge on any atom is -0.489 e. The quantitative estimate of drug-likeness (QED) is 0.595. The molecule has 2 amide bonds. The van der Waals surface area contributed by atoms with Crippen molar-refractivity contribution in [2.75, 3.05) is 13.1 Å². The highest BCUT2D eigenvalue weighted by atomic mass is 19.1. The molecule has 1 fully saturated rings. The third-order valence-corrected chi connectivity index (χ3v) is 5.81. The molecular formula is C27H27FN2O3. The molecule has 1 saturated heterocycles. The van der Waals surface area contributed by atoms with Crippen LogP contribution in [-0.2, 0) is 6.61 Å². The number of nitrogens with one attached hydrogen (secondary N) is 1. The molecular weight excluding hydrogens is 419 g/mol. The summed E-state index contributed by atoms with van der Waals surface area (Å²) >= 11 is 0. The molecule has 0 atom stereocenters. The van der Waals surface area contributed by atoms with Crippen molar-refractivity contribution >= 4 is 11.8 Å². The lowest BCUT2D eigenvalue weighted by Gasteiger charge is -2.32. The Bertz CT molecular complexity index is 1140. The number of hydrogen-bond acceptors (Lipinski definition) is 3. The molecule has 0 bridgehead atoms. The molecule has 1 aliphatic rings. The van der Waals surface area contributed by atoms with E-state index < -0.39 is 5.82 Å². The van der Waals surface area contributed by atoms with Crippen molar-refractivity contribution in [1.82, 2.24) is 10.2 Å². The minimum atomic E-state index is -0.512. The minimum absolute atomic E-state index is 0.0426. The fourth-order valence-electron chi connectivity index (χ4n) is 4.00. The summed E-state index contributed by atoms with van der Waals surface area (Å²) in [5, 5.41) is 3.05. The highest BCUT2D eigenvalue weighted by Crippen LogP contribution is 2.19. The summed E-state index contributed by atoms with van der Waals surface area (Å²) in [4.78, 5) is 27.0. The molecule has 0 aromatic heterocycles. The zero-order valence-corrected chi connectivity index (χ0v) is 18.6. The Morgan fingerprint density at radius 1 is 1.00 bits per heavy atom. The molecule has 0 unspecified atom stereocenters. The van der Waals surface area contributed by atoms with Crippen LogP contribution in [-0.4, -0.2) is 35.8 Å². The van der Waals surface area contributed by atoms with Crippen LogP contribution >= 0.6 is 0 Å². The van der Waals surface area contributed by atoms with E-state index in [9.17, 15) is 14.0 Å². The van der Waals surface area contributed by atoms with Gasteiger partial charge in [0.2, 0.25) is 0 Å². The van der Waals surface area contributed by atoms with Gasteiger partial charge in [0, 0.05) is 24.7 Å². The van der Waals surface area contributed by atoms with Crippen LogP contribution in [0.25, 0.3) is 0 Å². The fourth-order valence-corrected chi connectivity index (χ4v) is 4.00. The van der Waals surface area contributed by atoms with Gasteiger partial charge in [-0.3, -0.25) is 9.59 Å². The van der Waals surface area contributed by atoms with E-state index in [2.05, 4.69) is 11.4 Å². The van der Waals surface area contributed by atoms with Gasteiger partial charge in [-0.1, -0.05) is 48.0 Å². The number of carbonyl (C=O) groups is 2. The van der Waals surface area contributed by atoms with E-state index in [0.29, 0.717) is 43.9 Å². The first-order valence-corrected chi connectivity index (χ1v) is 11.1. The number of carbonyl (C=O) groups excluding carboxylic acids is 2. The van der Waals surface area contributed by atoms with Gasteiger partial charge >= 0.3 is 0 Å². The number of aryl methyl sites for hydroxylation is 1. The van der Waals surface area contributed by atoms with E-state index >= 15 is 0 Å². The molecule has 33 heavy (non-hydrogen) atoms. The number of likely N-dealkylation sites (tertiary alicyclic amines) is 1. The van der Waals surface area contributed by atoms with E-state index in [1.807, 2.05) is 31.2 Å². The van der Waals surface area contributed by atoms with Gasteiger partial charge in [-0.05, 0) is 55.7 Å². The number of nitrogens with zero attached hydrogens (tertiary/aromatic N) is 1. The Kier molecular flexibility index (Phi) is 7.03. The zero-order valence-electron chi connectivity index (χ0n) is 18.6. The third kappa shape index (κ3) is 5.77. The van der Waals surface area contributed by atoms with Gasteiger partial charge in [-0.15, -0.1) is 0 Å². The summed E-state index contributed by atoms with van der Waals surface area (Å²) in [6, 6.07) is 21.2. The van der Waals surface area contributed by atoms with E-state index in [1.165, 1.54) is 17.7 Å². The summed E-state index contributed by atoms with van der Waals surface area (Å²) in [5.74, 6) is -0.358. The topological polar surface area (TPSA) is 58.6 Å². The normalized spacial score (nSPS) is 14.1. The maximum absolute atomic E-state index is 13.9. The molecule has 0 spiro atoms. The monoisotopic (exact) mass is 446 g/mol. The van der Waals surface area contributed by atoms with Crippen molar-refractivity contribution in [2.45, 2.75) is 32.4 Å². The predicted molar refractivity (Wildman–Crippen MR) is 125 cm³/mol. The Morgan fingerprint density at radius 3 is 2.52 bits per heavy atom. The average molecular weight is 447 g/mol. The molecule has 3 aromatic rings. The second-order valence-corrected chi connectivity index (χ2v) is 8.33. The van der Waals surface area contributed by atoms with Crippen LogP contribution in [0.2, 0.25) is 0 Å². The van der Waals surface area contributed by atoms with E-state index in [-0.39, 0.29) is 23.4 Å². The highest BCUT2D eigenvalue weighted by molar-refractivity contribution is 5.95. The summed E-state index contributed by atoms with van der Waals surface area (Å²) in [6.07, 6.45) is 1.24. The Morgan fingerprint density at radius 2 is 1.76 bits per heavy atom. The molecule has 0 radical (unpaired) electrons. The number of ether oxygens (including phenoxy) is 1. The number of benzene rings is 3. The summed E-state index contributed by atoms with van der Waals surface area (Å²) in [5.41, 5.74) is 2.86. The maximum atomic E-state index is 13.9. The molecule has 1 N–H and O–H groups in total. The number of amides is 2. The third-order valence-electron chi connectivity index (χ3n) is 5.81. The predicted octanol–water partition coefficient (Wildman–Crippen LogP) is 4.75. The summed E-state index contributed by atoms with van der Waals surface area (Å²) < 4.78 is 19.8. The van der Waals surface area contributed by atoms with Crippen LogP contribution < -0.4 is 10.1 Å². The van der Waals surface area contributed by atoms with Crippen molar-refractivity contribution < 1.29 is 18.7 Å². The van der Waals surface area contributed by atoms with E-state index in [4.69, 9.17) is 4.74 Å².